The van der Waals surface area contributed by atoms with Crippen LogP contribution in [0, 0.1) is 0 Å². The summed E-state index contributed by atoms with van der Waals surface area (Å²) in [6.07, 6.45) is 1.88. The van der Waals surface area contributed by atoms with Crippen molar-refractivity contribution < 1.29 is 9.53 Å². The number of carbonyl (C=O) groups excluding carboxylic acids is 1. The van der Waals surface area contributed by atoms with E-state index in [9.17, 15) is 4.79 Å². The van der Waals surface area contributed by atoms with Gasteiger partial charge in [-0.05, 0) is 52.9 Å². The fourth-order valence-electron chi connectivity index (χ4n) is 2.60. The van der Waals surface area contributed by atoms with Crippen LogP contribution in [-0.2, 0) is 11.2 Å². The van der Waals surface area contributed by atoms with Crippen molar-refractivity contribution in [1.82, 2.24) is 0 Å². The second-order valence-electron chi connectivity index (χ2n) is 4.98. The molecule has 0 saturated heterocycles. The number of benzene rings is 2. The maximum atomic E-state index is 11.5. The van der Waals surface area contributed by atoms with Gasteiger partial charge in [-0.25, -0.2) is 4.79 Å². The van der Waals surface area contributed by atoms with E-state index < -0.39 is 6.09 Å². The van der Waals surface area contributed by atoms with E-state index in [-0.39, 0.29) is 6.61 Å². The van der Waals surface area contributed by atoms with Crippen LogP contribution in [0.4, 0.5) is 16.2 Å². The number of fused-ring (bicyclic) bond motifs is 3. The molecule has 0 unspecified atom stereocenters. The van der Waals surface area contributed by atoms with Crippen LogP contribution in [0.5, 0.6) is 0 Å². The number of nitrogens with two attached hydrogens (primary N) is 1. The number of nitrogens with one attached hydrogen (secondary N) is 1. The van der Waals surface area contributed by atoms with Gasteiger partial charge in [-0.15, -0.1) is 0 Å². The van der Waals surface area contributed by atoms with Gasteiger partial charge in [0.25, 0.3) is 0 Å². The van der Waals surface area contributed by atoms with Gasteiger partial charge in [0, 0.05) is 11.4 Å². The van der Waals surface area contributed by atoms with Crippen LogP contribution in [-0.4, -0.2) is 12.7 Å². The molecule has 0 bridgehead atoms. The molecule has 3 N–H and O–H groups in total. The van der Waals surface area contributed by atoms with Gasteiger partial charge in [0.15, 0.2) is 0 Å². The second-order valence-corrected chi connectivity index (χ2v) is 4.98. The molecule has 2 aromatic rings. The minimum Gasteiger partial charge on any atom is -0.445 e. The third-order valence-electron chi connectivity index (χ3n) is 3.48. The number of nitrogen functional groups attached to an aromatic ring is 1. The highest BCUT2D eigenvalue weighted by Gasteiger charge is 2.19. The Morgan fingerprint density at radius 2 is 1.95 bits per heavy atom. The first kappa shape index (κ1) is 13.2. The molecule has 1 aliphatic rings. The Morgan fingerprint density at radius 3 is 2.71 bits per heavy atom. The molecule has 0 radical (unpaired) electrons. The smallest absolute Gasteiger partial charge is 0.411 e. The van der Waals surface area contributed by atoms with E-state index in [2.05, 4.69) is 11.9 Å². The van der Waals surface area contributed by atoms with Crippen molar-refractivity contribution in [2.45, 2.75) is 6.42 Å². The van der Waals surface area contributed by atoms with E-state index in [1.165, 1.54) is 28.3 Å². The molecule has 0 saturated carbocycles. The average Bonchev–Trinajstić information content (AvgIpc) is 2.81. The first-order valence-corrected chi connectivity index (χ1v) is 6.74. The lowest BCUT2D eigenvalue weighted by atomic mass is 10.1. The van der Waals surface area contributed by atoms with E-state index in [1.807, 2.05) is 36.4 Å². The summed E-state index contributed by atoms with van der Waals surface area (Å²) in [7, 11) is 0. The van der Waals surface area contributed by atoms with Gasteiger partial charge in [0.05, 0.1) is 0 Å². The largest absolute Gasteiger partial charge is 0.445 e. The molecular formula is C17H16N2O2. The SMILES string of the molecule is C=CCOC(=O)Nc1ccc2c(c1)Cc1cc(N)ccc1-2. The fourth-order valence-corrected chi connectivity index (χ4v) is 2.60. The van der Waals surface area contributed by atoms with Gasteiger partial charge < -0.3 is 10.5 Å². The summed E-state index contributed by atoms with van der Waals surface area (Å²) in [5.41, 5.74) is 12.1. The third-order valence-corrected chi connectivity index (χ3v) is 3.48. The van der Waals surface area contributed by atoms with E-state index in [1.54, 1.807) is 0 Å². The molecule has 0 atom stereocenters. The standard InChI is InChI=1S/C17H16N2O2/c1-2-7-21-17(20)19-14-4-6-16-12(10-14)8-11-9-13(18)3-5-15(11)16/h2-6,9-10H,1,7-8,18H2,(H,19,20). The normalized spacial score (nSPS) is 11.4. The van der Waals surface area contributed by atoms with Gasteiger partial charge in [0.2, 0.25) is 0 Å². The zero-order valence-corrected chi connectivity index (χ0v) is 11.6. The van der Waals surface area contributed by atoms with Gasteiger partial charge in [-0.2, -0.15) is 0 Å². The molecular weight excluding hydrogens is 264 g/mol. The zero-order chi connectivity index (χ0) is 14.8. The summed E-state index contributed by atoms with van der Waals surface area (Å²) in [4.78, 5) is 11.5. The minimum absolute atomic E-state index is 0.196. The quantitative estimate of drug-likeness (QED) is 0.569. The molecule has 4 heteroatoms. The summed E-state index contributed by atoms with van der Waals surface area (Å²) < 4.78 is 4.91. The molecule has 0 fully saturated rings. The van der Waals surface area contributed by atoms with Gasteiger partial charge in [-0.1, -0.05) is 24.8 Å². The Kier molecular flexibility index (Phi) is 3.36. The van der Waals surface area contributed by atoms with Crippen LogP contribution in [0.3, 0.4) is 0 Å². The molecule has 3 rings (SSSR count). The van der Waals surface area contributed by atoms with Crippen molar-refractivity contribution in [3.05, 3.63) is 60.2 Å². The van der Waals surface area contributed by atoms with Crippen LogP contribution in [0.25, 0.3) is 11.1 Å². The number of hydrogen-bond acceptors (Lipinski definition) is 3. The highest BCUT2D eigenvalue weighted by molar-refractivity contribution is 5.87. The molecule has 2 aromatic carbocycles. The highest BCUT2D eigenvalue weighted by atomic mass is 16.5. The topological polar surface area (TPSA) is 64.3 Å². The first-order valence-electron chi connectivity index (χ1n) is 6.74. The van der Waals surface area contributed by atoms with Crippen molar-refractivity contribution in [3.8, 4) is 11.1 Å². The van der Waals surface area contributed by atoms with Crippen LogP contribution in [0.1, 0.15) is 11.1 Å². The lowest BCUT2D eigenvalue weighted by Gasteiger charge is -2.07. The lowest BCUT2D eigenvalue weighted by Crippen LogP contribution is -2.13. The highest BCUT2D eigenvalue weighted by Crippen LogP contribution is 2.38. The monoisotopic (exact) mass is 280 g/mol. The average molecular weight is 280 g/mol. The summed E-state index contributed by atoms with van der Waals surface area (Å²) in [5, 5.41) is 2.71. The Labute approximate surface area is 123 Å². The number of amides is 1. The van der Waals surface area contributed by atoms with Crippen LogP contribution >= 0.6 is 0 Å². The van der Waals surface area contributed by atoms with Crippen molar-refractivity contribution in [2.75, 3.05) is 17.7 Å². The van der Waals surface area contributed by atoms with Crippen molar-refractivity contribution in [1.29, 1.82) is 0 Å². The number of ether oxygens (including phenoxy) is 1. The van der Waals surface area contributed by atoms with E-state index >= 15 is 0 Å². The number of anilines is 2. The molecule has 1 amide bonds. The fraction of sp³-hybridized carbons (Fsp3) is 0.118. The lowest BCUT2D eigenvalue weighted by molar-refractivity contribution is 0.174. The molecule has 4 nitrogen and oxygen atoms in total. The third kappa shape index (κ3) is 2.60. The molecule has 0 heterocycles. The van der Waals surface area contributed by atoms with E-state index in [4.69, 9.17) is 10.5 Å². The molecule has 0 spiro atoms. The number of hydrogen-bond donors (Lipinski definition) is 2. The van der Waals surface area contributed by atoms with Gasteiger partial charge in [0.1, 0.15) is 6.61 Å². The summed E-state index contributed by atoms with van der Waals surface area (Å²) >= 11 is 0. The van der Waals surface area contributed by atoms with Crippen LogP contribution < -0.4 is 11.1 Å². The Bertz CT molecular complexity index is 723. The Morgan fingerprint density at radius 1 is 1.24 bits per heavy atom. The molecule has 0 aliphatic heterocycles. The molecule has 21 heavy (non-hydrogen) atoms. The molecule has 106 valence electrons. The van der Waals surface area contributed by atoms with Gasteiger partial charge in [-0.3, -0.25) is 5.32 Å². The molecule has 1 aliphatic carbocycles. The first-order chi connectivity index (χ1) is 10.2. The number of rotatable bonds is 3. The maximum absolute atomic E-state index is 11.5. The van der Waals surface area contributed by atoms with E-state index in [0.717, 1.165) is 17.8 Å². The summed E-state index contributed by atoms with van der Waals surface area (Å²) in [6.45, 7) is 3.70. The number of carbonyl (C=O) groups is 1. The zero-order valence-electron chi connectivity index (χ0n) is 11.6. The minimum atomic E-state index is -0.477. The second kappa shape index (κ2) is 5.32. The summed E-state index contributed by atoms with van der Waals surface area (Å²) in [5.74, 6) is 0. The summed E-state index contributed by atoms with van der Waals surface area (Å²) in [6, 6.07) is 11.8. The van der Waals surface area contributed by atoms with Gasteiger partial charge >= 0.3 is 6.09 Å². The van der Waals surface area contributed by atoms with Crippen LogP contribution in [0.15, 0.2) is 49.1 Å². The van der Waals surface area contributed by atoms with Crippen LogP contribution in [0.2, 0.25) is 0 Å². The van der Waals surface area contributed by atoms with Crippen molar-refractivity contribution >= 4 is 17.5 Å². The predicted molar refractivity (Wildman–Crippen MR) is 84.3 cm³/mol. The molecule has 0 aromatic heterocycles. The van der Waals surface area contributed by atoms with E-state index in [0.29, 0.717) is 0 Å². The van der Waals surface area contributed by atoms with Crippen molar-refractivity contribution in [3.63, 3.8) is 0 Å². The van der Waals surface area contributed by atoms with Crippen molar-refractivity contribution in [2.24, 2.45) is 0 Å². The Balaban J connectivity index is 1.82. The predicted octanol–water partition coefficient (Wildman–Crippen LogP) is 3.57. The maximum Gasteiger partial charge on any atom is 0.411 e. The Hall–Kier alpha value is -2.75.